The molecule has 0 aliphatic carbocycles. The maximum atomic E-state index is 11.2. The third-order valence-corrected chi connectivity index (χ3v) is 4.81. The highest BCUT2D eigenvalue weighted by atomic mass is 32.2. The number of thioether (sulfide) groups is 1. The minimum atomic E-state index is -2.83. The molecule has 0 rings (SSSR count). The fraction of sp³-hybridized carbons (Fsp3) is 1.00. The van der Waals surface area contributed by atoms with Gasteiger partial charge in [-0.1, -0.05) is 20.8 Å². The molecule has 0 aromatic rings. The van der Waals surface area contributed by atoms with Crippen molar-refractivity contribution in [2.24, 2.45) is 5.92 Å². The van der Waals surface area contributed by atoms with E-state index in [4.69, 9.17) is 0 Å². The van der Waals surface area contributed by atoms with Crippen molar-refractivity contribution in [1.82, 2.24) is 5.32 Å². The van der Waals surface area contributed by atoms with Crippen molar-refractivity contribution in [3.05, 3.63) is 0 Å². The SMILES string of the molecule is CCCNC(CCS(C)(=O)=O)CSCC(C)C. The van der Waals surface area contributed by atoms with E-state index in [9.17, 15) is 8.42 Å². The molecule has 0 radical (unpaired) electrons. The van der Waals surface area contributed by atoms with Gasteiger partial charge in [0.1, 0.15) is 9.84 Å². The lowest BCUT2D eigenvalue weighted by molar-refractivity contribution is 0.532. The topological polar surface area (TPSA) is 46.2 Å². The summed E-state index contributed by atoms with van der Waals surface area (Å²) in [6, 6.07) is 0.327. The average Bonchev–Trinajstić information content (AvgIpc) is 2.19. The Bertz CT molecular complexity index is 276. The fourth-order valence-corrected chi connectivity index (χ4v) is 3.28. The number of sulfone groups is 1. The summed E-state index contributed by atoms with van der Waals surface area (Å²) in [5, 5.41) is 3.43. The molecule has 0 saturated carbocycles. The van der Waals surface area contributed by atoms with Gasteiger partial charge in [0.15, 0.2) is 0 Å². The second kappa shape index (κ2) is 9.22. The quantitative estimate of drug-likeness (QED) is 0.667. The standard InChI is InChI=1S/C12H27NO2S2/c1-5-7-13-12(6-8-17(4,14)15)10-16-9-11(2)3/h11-13H,5-10H2,1-4H3. The summed E-state index contributed by atoms with van der Waals surface area (Å²) in [5.74, 6) is 3.13. The van der Waals surface area contributed by atoms with Gasteiger partial charge >= 0.3 is 0 Å². The Morgan fingerprint density at radius 2 is 1.88 bits per heavy atom. The van der Waals surface area contributed by atoms with Crippen LogP contribution in [0.4, 0.5) is 0 Å². The molecule has 0 spiro atoms. The number of hydrogen-bond acceptors (Lipinski definition) is 4. The monoisotopic (exact) mass is 281 g/mol. The lowest BCUT2D eigenvalue weighted by Crippen LogP contribution is -2.34. The first kappa shape index (κ1) is 17.3. The van der Waals surface area contributed by atoms with Crippen LogP contribution in [0, 0.1) is 5.92 Å². The van der Waals surface area contributed by atoms with Crippen LogP contribution in [0.25, 0.3) is 0 Å². The Labute approximate surface area is 111 Å². The summed E-state index contributed by atoms with van der Waals surface area (Å²) in [7, 11) is -2.83. The summed E-state index contributed by atoms with van der Waals surface area (Å²) in [4.78, 5) is 0. The molecule has 0 saturated heterocycles. The highest BCUT2D eigenvalue weighted by Gasteiger charge is 2.12. The zero-order valence-electron chi connectivity index (χ0n) is 11.5. The first-order chi connectivity index (χ1) is 7.85. The lowest BCUT2D eigenvalue weighted by Gasteiger charge is -2.18. The van der Waals surface area contributed by atoms with E-state index in [2.05, 4.69) is 26.1 Å². The largest absolute Gasteiger partial charge is 0.313 e. The minimum Gasteiger partial charge on any atom is -0.313 e. The summed E-state index contributed by atoms with van der Waals surface area (Å²) in [6.45, 7) is 7.51. The normalized spacial score (nSPS) is 14.2. The minimum absolute atomic E-state index is 0.288. The second-order valence-corrected chi connectivity index (χ2v) is 8.34. The predicted octanol–water partition coefficient (Wildman–Crippen LogP) is 2.18. The third-order valence-electron chi connectivity index (χ3n) is 2.29. The number of rotatable bonds is 10. The zero-order valence-corrected chi connectivity index (χ0v) is 13.2. The summed E-state index contributed by atoms with van der Waals surface area (Å²) in [6.07, 6.45) is 3.12. The van der Waals surface area contributed by atoms with Crippen LogP contribution in [0.15, 0.2) is 0 Å². The van der Waals surface area contributed by atoms with Gasteiger partial charge in [-0.25, -0.2) is 8.42 Å². The van der Waals surface area contributed by atoms with Gasteiger partial charge in [0, 0.05) is 18.1 Å². The molecule has 17 heavy (non-hydrogen) atoms. The fourth-order valence-electron chi connectivity index (χ4n) is 1.40. The maximum absolute atomic E-state index is 11.2. The molecular weight excluding hydrogens is 254 g/mol. The Morgan fingerprint density at radius 1 is 1.24 bits per heavy atom. The molecule has 3 nitrogen and oxygen atoms in total. The van der Waals surface area contributed by atoms with Gasteiger partial charge in [-0.15, -0.1) is 0 Å². The first-order valence-corrected chi connectivity index (χ1v) is 9.55. The van der Waals surface area contributed by atoms with E-state index in [1.165, 1.54) is 6.26 Å². The van der Waals surface area contributed by atoms with Crippen LogP contribution < -0.4 is 5.32 Å². The predicted molar refractivity (Wildman–Crippen MR) is 78.6 cm³/mol. The molecule has 0 aromatic heterocycles. The van der Waals surface area contributed by atoms with Crippen LogP contribution in [0.2, 0.25) is 0 Å². The van der Waals surface area contributed by atoms with E-state index in [0.717, 1.165) is 30.9 Å². The summed E-state index contributed by atoms with van der Waals surface area (Å²) >= 11 is 1.91. The highest BCUT2D eigenvalue weighted by molar-refractivity contribution is 7.99. The van der Waals surface area contributed by atoms with Crippen molar-refractivity contribution in [3.8, 4) is 0 Å². The van der Waals surface area contributed by atoms with E-state index in [1.54, 1.807) is 0 Å². The summed E-state index contributed by atoms with van der Waals surface area (Å²) < 4.78 is 22.3. The molecule has 0 aliphatic heterocycles. The first-order valence-electron chi connectivity index (χ1n) is 6.34. The van der Waals surface area contributed by atoms with Crippen LogP contribution in [-0.4, -0.2) is 44.5 Å². The van der Waals surface area contributed by atoms with E-state index >= 15 is 0 Å². The van der Waals surface area contributed by atoms with Gasteiger partial charge in [-0.2, -0.15) is 11.8 Å². The lowest BCUT2D eigenvalue weighted by atomic mass is 10.2. The van der Waals surface area contributed by atoms with E-state index in [-0.39, 0.29) is 5.75 Å². The Hall–Kier alpha value is 0.260. The Kier molecular flexibility index (Phi) is 9.37. The molecule has 1 N–H and O–H groups in total. The molecule has 0 heterocycles. The van der Waals surface area contributed by atoms with Crippen molar-refractivity contribution in [2.75, 3.05) is 30.1 Å². The zero-order chi connectivity index (χ0) is 13.3. The molecule has 5 heteroatoms. The maximum Gasteiger partial charge on any atom is 0.147 e. The van der Waals surface area contributed by atoms with Crippen molar-refractivity contribution >= 4 is 21.6 Å². The van der Waals surface area contributed by atoms with Crippen LogP contribution in [-0.2, 0) is 9.84 Å². The van der Waals surface area contributed by atoms with Crippen molar-refractivity contribution < 1.29 is 8.42 Å². The third kappa shape index (κ3) is 12.5. The van der Waals surface area contributed by atoms with Crippen LogP contribution in [0.1, 0.15) is 33.6 Å². The van der Waals surface area contributed by atoms with E-state index < -0.39 is 9.84 Å². The molecule has 0 amide bonds. The van der Waals surface area contributed by atoms with Crippen molar-refractivity contribution in [1.29, 1.82) is 0 Å². The average molecular weight is 281 g/mol. The molecule has 0 aromatic carbocycles. The van der Waals surface area contributed by atoms with Crippen LogP contribution >= 0.6 is 11.8 Å². The van der Waals surface area contributed by atoms with Gasteiger partial charge in [0.25, 0.3) is 0 Å². The number of hydrogen-bond donors (Lipinski definition) is 1. The van der Waals surface area contributed by atoms with E-state index in [0.29, 0.717) is 12.0 Å². The molecule has 1 atom stereocenters. The second-order valence-electron chi connectivity index (χ2n) is 5.00. The van der Waals surface area contributed by atoms with Crippen molar-refractivity contribution in [2.45, 2.75) is 39.7 Å². The van der Waals surface area contributed by atoms with Gasteiger partial charge in [-0.3, -0.25) is 0 Å². The molecule has 0 bridgehead atoms. The smallest absolute Gasteiger partial charge is 0.147 e. The molecule has 0 fully saturated rings. The Morgan fingerprint density at radius 3 is 2.35 bits per heavy atom. The van der Waals surface area contributed by atoms with Gasteiger partial charge in [-0.05, 0) is 31.1 Å². The van der Waals surface area contributed by atoms with E-state index in [1.807, 2.05) is 11.8 Å². The van der Waals surface area contributed by atoms with Gasteiger partial charge < -0.3 is 5.32 Å². The molecule has 1 unspecified atom stereocenters. The van der Waals surface area contributed by atoms with Crippen LogP contribution in [0.5, 0.6) is 0 Å². The molecular formula is C12H27NO2S2. The van der Waals surface area contributed by atoms with Gasteiger partial charge in [0.2, 0.25) is 0 Å². The summed E-state index contributed by atoms with van der Waals surface area (Å²) in [5.41, 5.74) is 0. The Balaban J connectivity index is 3.95. The highest BCUT2D eigenvalue weighted by Crippen LogP contribution is 2.11. The molecule has 104 valence electrons. The van der Waals surface area contributed by atoms with Crippen molar-refractivity contribution in [3.63, 3.8) is 0 Å². The van der Waals surface area contributed by atoms with Gasteiger partial charge in [0.05, 0.1) is 5.75 Å². The van der Waals surface area contributed by atoms with Crippen LogP contribution in [0.3, 0.4) is 0 Å². The number of nitrogens with one attached hydrogen (secondary N) is 1. The molecule has 0 aliphatic rings.